The highest BCUT2D eigenvalue weighted by Crippen LogP contribution is 2.35. The first-order valence-electron chi connectivity index (χ1n) is 9.10. The van der Waals surface area contributed by atoms with E-state index in [0.717, 1.165) is 33.7 Å². The van der Waals surface area contributed by atoms with Gasteiger partial charge in [-0.2, -0.15) is 0 Å². The highest BCUT2D eigenvalue weighted by molar-refractivity contribution is 6.02. The summed E-state index contributed by atoms with van der Waals surface area (Å²) in [6.45, 7) is 2.97. The highest BCUT2D eigenvalue weighted by atomic mass is 19.1. The summed E-state index contributed by atoms with van der Waals surface area (Å²) in [7, 11) is 1.67. The van der Waals surface area contributed by atoms with Crippen molar-refractivity contribution >= 4 is 16.9 Å². The number of nitrogens with zero attached hydrogens (tertiary/aromatic N) is 3. The summed E-state index contributed by atoms with van der Waals surface area (Å²) in [5.41, 5.74) is 4.29. The molecule has 0 aliphatic heterocycles. The average molecular weight is 376 g/mol. The van der Waals surface area contributed by atoms with Crippen LogP contribution >= 0.6 is 0 Å². The highest BCUT2D eigenvalue weighted by Gasteiger charge is 2.17. The van der Waals surface area contributed by atoms with Gasteiger partial charge < -0.3 is 14.6 Å². The molecule has 2 aromatic heterocycles. The lowest BCUT2D eigenvalue weighted by Crippen LogP contribution is -2.09. The molecule has 0 aliphatic rings. The largest absolute Gasteiger partial charge is 0.383 e. The number of hydrogen-bond donors (Lipinski definition) is 1. The Morgan fingerprint density at radius 1 is 1.11 bits per heavy atom. The fraction of sp³-hybridized carbons (Fsp3) is 0.182. The van der Waals surface area contributed by atoms with Crippen molar-refractivity contribution in [3.8, 4) is 16.8 Å². The molecular formula is C22H21FN4O. The lowest BCUT2D eigenvalue weighted by molar-refractivity contribution is 0.210. The molecule has 2 heterocycles. The first-order valence-corrected chi connectivity index (χ1v) is 9.10. The molecule has 0 fully saturated rings. The Balaban J connectivity index is 1.94. The van der Waals surface area contributed by atoms with Gasteiger partial charge >= 0.3 is 0 Å². The van der Waals surface area contributed by atoms with Gasteiger partial charge in [-0.3, -0.25) is 0 Å². The van der Waals surface area contributed by atoms with Crippen molar-refractivity contribution in [2.45, 2.75) is 6.92 Å². The number of anilines is 1. The van der Waals surface area contributed by atoms with Gasteiger partial charge in [0.2, 0.25) is 0 Å². The monoisotopic (exact) mass is 376 g/mol. The van der Waals surface area contributed by atoms with Crippen LogP contribution in [0.2, 0.25) is 0 Å². The molecule has 5 nitrogen and oxygen atoms in total. The molecule has 0 radical (unpaired) electrons. The number of hydrogen-bond acceptors (Lipinski definition) is 4. The summed E-state index contributed by atoms with van der Waals surface area (Å²) >= 11 is 0. The second-order valence-corrected chi connectivity index (χ2v) is 6.55. The van der Waals surface area contributed by atoms with E-state index in [0.29, 0.717) is 18.7 Å². The quantitative estimate of drug-likeness (QED) is 0.500. The predicted octanol–water partition coefficient (Wildman–Crippen LogP) is 4.59. The standard InChI is InChI=1S/C22H21FN4O/c1-15-12-17(8-9-19(15)23)27-13-18(16-6-4-3-5-7-16)20-21(24-10-11-28-2)25-14-26-22(20)27/h3-9,12-14H,10-11H2,1-2H3,(H,24,25,26). The molecule has 4 rings (SSSR count). The van der Waals surface area contributed by atoms with E-state index < -0.39 is 0 Å². The zero-order chi connectivity index (χ0) is 19.5. The molecular weight excluding hydrogens is 355 g/mol. The lowest BCUT2D eigenvalue weighted by Gasteiger charge is -2.09. The molecule has 0 bridgehead atoms. The maximum absolute atomic E-state index is 13.8. The second kappa shape index (κ2) is 7.78. The number of aromatic nitrogens is 3. The van der Waals surface area contributed by atoms with Crippen LogP contribution in [0.4, 0.5) is 10.2 Å². The van der Waals surface area contributed by atoms with E-state index >= 15 is 0 Å². The van der Waals surface area contributed by atoms with Gasteiger partial charge in [0.15, 0.2) is 5.65 Å². The van der Waals surface area contributed by atoms with Gasteiger partial charge in [0.25, 0.3) is 0 Å². The Labute approximate surface area is 162 Å². The Bertz CT molecular complexity index is 1110. The summed E-state index contributed by atoms with van der Waals surface area (Å²) in [6, 6.07) is 15.2. The fourth-order valence-electron chi connectivity index (χ4n) is 3.28. The van der Waals surface area contributed by atoms with Crippen molar-refractivity contribution in [1.82, 2.24) is 14.5 Å². The number of ether oxygens (including phenoxy) is 1. The van der Waals surface area contributed by atoms with E-state index in [-0.39, 0.29) is 5.82 Å². The van der Waals surface area contributed by atoms with Crippen LogP contribution in [-0.2, 0) is 4.74 Å². The van der Waals surface area contributed by atoms with Crippen LogP contribution in [0.1, 0.15) is 5.56 Å². The van der Waals surface area contributed by atoms with Gasteiger partial charge in [0.1, 0.15) is 18.0 Å². The van der Waals surface area contributed by atoms with Gasteiger partial charge in [-0.1, -0.05) is 30.3 Å². The van der Waals surface area contributed by atoms with E-state index in [2.05, 4.69) is 27.4 Å². The zero-order valence-corrected chi connectivity index (χ0v) is 15.8. The summed E-state index contributed by atoms with van der Waals surface area (Å²) in [5.74, 6) is 0.526. The molecule has 2 aromatic carbocycles. The van der Waals surface area contributed by atoms with Crippen molar-refractivity contribution in [2.75, 3.05) is 25.6 Å². The van der Waals surface area contributed by atoms with Crippen LogP contribution in [0.3, 0.4) is 0 Å². The number of halogens is 1. The number of nitrogens with one attached hydrogen (secondary N) is 1. The number of methoxy groups -OCH3 is 1. The molecule has 0 spiro atoms. The molecule has 0 saturated carbocycles. The minimum Gasteiger partial charge on any atom is -0.383 e. The van der Waals surface area contributed by atoms with Crippen molar-refractivity contribution < 1.29 is 9.13 Å². The van der Waals surface area contributed by atoms with Crippen molar-refractivity contribution in [2.24, 2.45) is 0 Å². The molecule has 142 valence electrons. The van der Waals surface area contributed by atoms with Crippen LogP contribution in [0.5, 0.6) is 0 Å². The summed E-state index contributed by atoms with van der Waals surface area (Å²) in [6.07, 6.45) is 3.57. The van der Waals surface area contributed by atoms with E-state index in [9.17, 15) is 4.39 Å². The smallest absolute Gasteiger partial charge is 0.150 e. The van der Waals surface area contributed by atoms with Gasteiger partial charge in [0, 0.05) is 31.1 Å². The van der Waals surface area contributed by atoms with Crippen LogP contribution < -0.4 is 5.32 Å². The molecule has 0 atom stereocenters. The molecule has 0 unspecified atom stereocenters. The predicted molar refractivity (Wildman–Crippen MR) is 109 cm³/mol. The van der Waals surface area contributed by atoms with Crippen LogP contribution in [0.15, 0.2) is 61.1 Å². The Morgan fingerprint density at radius 3 is 2.68 bits per heavy atom. The average Bonchev–Trinajstić information content (AvgIpc) is 3.11. The SMILES string of the molecule is COCCNc1ncnc2c1c(-c1ccccc1)cn2-c1ccc(F)c(C)c1. The molecule has 0 aliphatic carbocycles. The van der Waals surface area contributed by atoms with Crippen LogP contribution in [0, 0.1) is 12.7 Å². The minimum absolute atomic E-state index is 0.222. The van der Waals surface area contributed by atoms with E-state index in [1.54, 1.807) is 26.4 Å². The van der Waals surface area contributed by atoms with Crippen molar-refractivity contribution in [3.63, 3.8) is 0 Å². The fourth-order valence-corrected chi connectivity index (χ4v) is 3.28. The van der Waals surface area contributed by atoms with E-state index in [1.165, 1.54) is 6.07 Å². The third kappa shape index (κ3) is 3.34. The molecule has 4 aromatic rings. The first kappa shape index (κ1) is 18.1. The van der Waals surface area contributed by atoms with Gasteiger partial charge in [-0.25, -0.2) is 14.4 Å². The Hall–Kier alpha value is -3.25. The molecule has 0 saturated heterocycles. The van der Waals surface area contributed by atoms with Gasteiger partial charge in [-0.05, 0) is 36.2 Å². The van der Waals surface area contributed by atoms with Crippen LogP contribution in [0.25, 0.3) is 27.8 Å². The maximum atomic E-state index is 13.8. The Kier molecular flexibility index (Phi) is 5.04. The molecule has 6 heteroatoms. The topological polar surface area (TPSA) is 52.0 Å². The summed E-state index contributed by atoms with van der Waals surface area (Å²) in [4.78, 5) is 8.98. The molecule has 1 N–H and O–H groups in total. The Morgan fingerprint density at radius 2 is 1.93 bits per heavy atom. The lowest BCUT2D eigenvalue weighted by atomic mass is 10.1. The zero-order valence-electron chi connectivity index (χ0n) is 15.8. The second-order valence-electron chi connectivity index (χ2n) is 6.55. The molecule has 28 heavy (non-hydrogen) atoms. The van der Waals surface area contributed by atoms with Gasteiger partial charge in [-0.15, -0.1) is 0 Å². The third-order valence-corrected chi connectivity index (χ3v) is 4.69. The van der Waals surface area contributed by atoms with E-state index in [4.69, 9.17) is 4.74 Å². The first-order chi connectivity index (χ1) is 13.7. The maximum Gasteiger partial charge on any atom is 0.150 e. The van der Waals surface area contributed by atoms with Crippen LogP contribution in [-0.4, -0.2) is 34.8 Å². The molecule has 0 amide bonds. The van der Waals surface area contributed by atoms with Crippen molar-refractivity contribution in [1.29, 1.82) is 0 Å². The third-order valence-electron chi connectivity index (χ3n) is 4.69. The van der Waals surface area contributed by atoms with Gasteiger partial charge in [0.05, 0.1) is 12.0 Å². The minimum atomic E-state index is -0.222. The number of benzene rings is 2. The normalized spacial score (nSPS) is 11.1. The van der Waals surface area contributed by atoms with Crippen molar-refractivity contribution in [3.05, 3.63) is 72.4 Å². The number of fused-ring (bicyclic) bond motifs is 1. The summed E-state index contributed by atoms with van der Waals surface area (Å²) < 4.78 is 20.9. The van der Waals surface area contributed by atoms with E-state index in [1.807, 2.05) is 35.0 Å². The summed E-state index contributed by atoms with van der Waals surface area (Å²) in [5, 5.41) is 4.26. The number of aryl methyl sites for hydroxylation is 1. The number of rotatable bonds is 6.